The molecule has 29 heavy (non-hydrogen) atoms. The van der Waals surface area contributed by atoms with Crippen molar-refractivity contribution in [1.82, 2.24) is 0 Å². The molecule has 0 N–H and O–H groups in total. The van der Waals surface area contributed by atoms with Crippen LogP contribution < -0.4 is 4.74 Å². The highest BCUT2D eigenvalue weighted by atomic mass is 32.1. The Morgan fingerprint density at radius 2 is 1.62 bits per heavy atom. The van der Waals surface area contributed by atoms with Gasteiger partial charge in [0.25, 0.3) is 0 Å². The Labute approximate surface area is 170 Å². The molecule has 0 bridgehead atoms. The molecule has 0 amide bonds. The van der Waals surface area contributed by atoms with Crippen LogP contribution in [-0.2, 0) is 9.53 Å². The average molecular weight is 434 g/mol. The zero-order chi connectivity index (χ0) is 22.1. The zero-order valence-corrected chi connectivity index (χ0v) is 16.9. The van der Waals surface area contributed by atoms with Crippen LogP contribution in [0.15, 0.2) is 23.8 Å². The summed E-state index contributed by atoms with van der Waals surface area (Å²) >= 11 is 4.78. The molecule has 0 aliphatic heterocycles. The fraction of sp³-hybridized carbons (Fsp3) is 0.400. The summed E-state index contributed by atoms with van der Waals surface area (Å²) < 4.78 is 77.1. The van der Waals surface area contributed by atoms with Crippen LogP contribution in [-0.4, -0.2) is 17.1 Å². The molecule has 158 valence electrons. The SMILES string of the molecule is CC(=O)/C=C/[C@H]1C(C)=C[C@H](OC(=S)Oc2c(F)c(F)c(F)c(F)c2F)CC1(C)C. The largest absolute Gasteiger partial charge is 0.449 e. The number of carbonyl (C=O) groups excluding carboxylic acids is 1. The molecule has 0 spiro atoms. The summed E-state index contributed by atoms with van der Waals surface area (Å²) in [5.74, 6) is -12.5. The summed E-state index contributed by atoms with van der Waals surface area (Å²) in [5, 5.41) is -0.782. The maximum atomic E-state index is 13.7. The third-order valence-electron chi connectivity index (χ3n) is 4.63. The number of halogens is 5. The normalized spacial score (nSPS) is 21.1. The van der Waals surface area contributed by atoms with E-state index in [2.05, 4.69) is 4.74 Å². The van der Waals surface area contributed by atoms with Crippen molar-refractivity contribution >= 4 is 23.2 Å². The number of allylic oxidation sites excluding steroid dienone is 3. The minimum absolute atomic E-state index is 0.0593. The number of hydrogen-bond donors (Lipinski definition) is 0. The summed E-state index contributed by atoms with van der Waals surface area (Å²) in [6.45, 7) is 7.12. The number of benzene rings is 1. The lowest BCUT2D eigenvalue weighted by Gasteiger charge is -2.39. The standard InChI is InChI=1S/C20H19F5O3S/c1-9-7-11(8-20(3,4)12(9)6-5-10(2)26)27-19(29)28-18-16(24)14(22)13(21)15(23)17(18)25/h5-7,11-12H,8H2,1-4H3/b6-5+/t11-,12-/m0/s1. The molecular weight excluding hydrogens is 415 g/mol. The van der Waals surface area contributed by atoms with Crippen molar-refractivity contribution < 1.29 is 36.2 Å². The molecule has 9 heteroatoms. The summed E-state index contributed by atoms with van der Waals surface area (Å²) in [4.78, 5) is 11.2. The third-order valence-corrected chi connectivity index (χ3v) is 4.81. The van der Waals surface area contributed by atoms with Gasteiger partial charge in [0.15, 0.2) is 5.78 Å². The van der Waals surface area contributed by atoms with Crippen molar-refractivity contribution in [3.63, 3.8) is 0 Å². The molecule has 0 radical (unpaired) electrons. The molecule has 1 aliphatic rings. The number of hydrogen-bond acceptors (Lipinski definition) is 4. The smallest absolute Gasteiger partial charge is 0.358 e. The lowest BCUT2D eigenvalue weighted by atomic mass is 9.67. The van der Waals surface area contributed by atoms with E-state index in [0.29, 0.717) is 6.42 Å². The van der Waals surface area contributed by atoms with Gasteiger partial charge < -0.3 is 9.47 Å². The number of carbonyl (C=O) groups is 1. The van der Waals surface area contributed by atoms with E-state index in [1.807, 2.05) is 20.8 Å². The highest BCUT2D eigenvalue weighted by Gasteiger charge is 2.37. The van der Waals surface area contributed by atoms with E-state index in [9.17, 15) is 26.7 Å². The zero-order valence-electron chi connectivity index (χ0n) is 16.1. The minimum atomic E-state index is -2.29. The molecule has 0 aromatic heterocycles. The molecule has 1 aromatic rings. The molecule has 0 fully saturated rings. The fourth-order valence-electron chi connectivity index (χ4n) is 3.34. The maximum absolute atomic E-state index is 13.7. The van der Waals surface area contributed by atoms with Crippen molar-refractivity contribution in [2.45, 2.75) is 40.2 Å². The maximum Gasteiger partial charge on any atom is 0.358 e. The lowest BCUT2D eigenvalue weighted by molar-refractivity contribution is -0.112. The second-order valence-electron chi connectivity index (χ2n) is 7.46. The second-order valence-corrected chi connectivity index (χ2v) is 7.79. The van der Waals surface area contributed by atoms with E-state index < -0.39 is 46.2 Å². The predicted octanol–water partition coefficient (Wildman–Crippen LogP) is 5.57. The van der Waals surface area contributed by atoms with Gasteiger partial charge in [0, 0.05) is 18.1 Å². The molecule has 1 aromatic carbocycles. The van der Waals surface area contributed by atoms with E-state index in [4.69, 9.17) is 17.0 Å². The summed E-state index contributed by atoms with van der Waals surface area (Å²) in [7, 11) is 0. The van der Waals surface area contributed by atoms with Gasteiger partial charge in [0.1, 0.15) is 6.10 Å². The minimum Gasteiger partial charge on any atom is -0.449 e. The summed E-state index contributed by atoms with van der Waals surface area (Å²) in [6.07, 6.45) is 4.71. The molecule has 0 unspecified atom stereocenters. The van der Waals surface area contributed by atoms with Gasteiger partial charge in [-0.1, -0.05) is 25.5 Å². The first-order valence-electron chi connectivity index (χ1n) is 8.62. The van der Waals surface area contributed by atoms with E-state index in [1.54, 1.807) is 12.2 Å². The van der Waals surface area contributed by atoms with Gasteiger partial charge in [-0.3, -0.25) is 4.79 Å². The second kappa shape index (κ2) is 8.61. The topological polar surface area (TPSA) is 35.5 Å². The van der Waals surface area contributed by atoms with Crippen LogP contribution in [0.25, 0.3) is 0 Å². The monoisotopic (exact) mass is 434 g/mol. The molecule has 2 atom stereocenters. The Hall–Kier alpha value is -2.29. The van der Waals surface area contributed by atoms with Crippen LogP contribution in [0.2, 0.25) is 0 Å². The first kappa shape index (κ1) is 23.0. The van der Waals surface area contributed by atoms with Crippen molar-refractivity contribution in [2.24, 2.45) is 11.3 Å². The fourth-order valence-corrected chi connectivity index (χ4v) is 3.55. The van der Waals surface area contributed by atoms with Crippen molar-refractivity contribution in [1.29, 1.82) is 0 Å². The van der Waals surface area contributed by atoms with Gasteiger partial charge in [-0.15, -0.1) is 0 Å². The molecule has 0 saturated carbocycles. The highest BCUT2D eigenvalue weighted by Crippen LogP contribution is 2.42. The Morgan fingerprint density at radius 3 is 2.10 bits per heavy atom. The first-order chi connectivity index (χ1) is 13.3. The molecule has 0 heterocycles. The Morgan fingerprint density at radius 1 is 1.10 bits per heavy atom. The molecule has 2 rings (SSSR count). The van der Waals surface area contributed by atoms with E-state index in [-0.39, 0.29) is 17.1 Å². The predicted molar refractivity (Wildman–Crippen MR) is 99.8 cm³/mol. The summed E-state index contributed by atoms with van der Waals surface area (Å²) in [5.41, 5.74) is 0.498. The van der Waals surface area contributed by atoms with Gasteiger partial charge in [-0.05, 0) is 37.8 Å². The Balaban J connectivity index is 2.20. The number of rotatable bonds is 4. The van der Waals surface area contributed by atoms with Crippen molar-refractivity contribution in [3.05, 3.63) is 52.9 Å². The third kappa shape index (κ3) is 5.01. The first-order valence-corrected chi connectivity index (χ1v) is 9.03. The van der Waals surface area contributed by atoms with Crippen LogP contribution in [0.5, 0.6) is 5.75 Å². The van der Waals surface area contributed by atoms with Crippen molar-refractivity contribution in [2.75, 3.05) is 0 Å². The van der Waals surface area contributed by atoms with Gasteiger partial charge in [-0.25, -0.2) is 13.2 Å². The Kier molecular flexibility index (Phi) is 6.82. The van der Waals surface area contributed by atoms with Crippen LogP contribution in [0.1, 0.15) is 34.1 Å². The van der Waals surface area contributed by atoms with Gasteiger partial charge in [0.2, 0.25) is 34.8 Å². The van der Waals surface area contributed by atoms with Gasteiger partial charge in [0.05, 0.1) is 0 Å². The number of thiocarbonyl (C=S) groups is 1. The van der Waals surface area contributed by atoms with Gasteiger partial charge >= 0.3 is 5.24 Å². The summed E-state index contributed by atoms with van der Waals surface area (Å²) in [6, 6.07) is 0. The number of ketones is 1. The lowest BCUT2D eigenvalue weighted by Crippen LogP contribution is -2.35. The molecule has 0 saturated heterocycles. The van der Waals surface area contributed by atoms with Crippen LogP contribution in [0.4, 0.5) is 22.0 Å². The highest BCUT2D eigenvalue weighted by molar-refractivity contribution is 7.79. The quantitative estimate of drug-likeness (QED) is 0.155. The van der Waals surface area contributed by atoms with E-state index in [0.717, 1.165) is 5.57 Å². The van der Waals surface area contributed by atoms with Crippen LogP contribution in [0, 0.1) is 40.4 Å². The van der Waals surface area contributed by atoms with E-state index >= 15 is 0 Å². The van der Waals surface area contributed by atoms with Crippen molar-refractivity contribution in [3.8, 4) is 5.75 Å². The van der Waals surface area contributed by atoms with Crippen LogP contribution >= 0.6 is 12.2 Å². The Bertz CT molecular complexity index is 879. The molecular formula is C20H19F5O3S. The van der Waals surface area contributed by atoms with E-state index in [1.165, 1.54) is 13.0 Å². The van der Waals surface area contributed by atoms with Crippen LogP contribution in [0.3, 0.4) is 0 Å². The number of ether oxygens (including phenoxy) is 2. The average Bonchev–Trinajstić information content (AvgIpc) is 2.60. The molecule has 1 aliphatic carbocycles. The molecule has 3 nitrogen and oxygen atoms in total. The van der Waals surface area contributed by atoms with Gasteiger partial charge in [-0.2, -0.15) is 8.78 Å².